The molecule has 0 atom stereocenters. The third kappa shape index (κ3) is 4.38. The number of hydrogen-bond acceptors (Lipinski definition) is 3. The van der Waals surface area contributed by atoms with Crippen LogP contribution in [0.4, 0.5) is 0 Å². The number of ether oxygens (including phenoxy) is 1. The Morgan fingerprint density at radius 1 is 1.04 bits per heavy atom. The molecule has 6 heteroatoms. The normalized spacial score (nSPS) is 10.4. The van der Waals surface area contributed by atoms with Crippen LogP contribution in [0.25, 0.3) is 5.69 Å². The van der Waals surface area contributed by atoms with Crippen molar-refractivity contribution in [2.24, 2.45) is 0 Å². The number of nitrogens with one attached hydrogen (secondary N) is 1. The van der Waals surface area contributed by atoms with E-state index < -0.39 is 11.7 Å². The number of Topliss-reactive ketones (excluding diaryl/α,β-unsaturated/α-hetero) is 1. The molecule has 0 fully saturated rings. The summed E-state index contributed by atoms with van der Waals surface area (Å²) in [7, 11) is 1.56. The number of methoxy groups -OCH3 is 1. The quantitative estimate of drug-likeness (QED) is 0.501. The lowest BCUT2D eigenvalue weighted by Gasteiger charge is -2.12. The zero-order chi connectivity index (χ0) is 19.2. The van der Waals surface area contributed by atoms with Crippen LogP contribution in [0.5, 0.6) is 5.75 Å². The van der Waals surface area contributed by atoms with E-state index >= 15 is 0 Å². The van der Waals surface area contributed by atoms with Crippen molar-refractivity contribution in [3.8, 4) is 11.4 Å². The fourth-order valence-corrected chi connectivity index (χ4v) is 2.90. The molecule has 3 aromatic rings. The molecule has 0 saturated carbocycles. The van der Waals surface area contributed by atoms with Gasteiger partial charge in [-0.1, -0.05) is 35.9 Å². The van der Waals surface area contributed by atoms with Crippen LogP contribution >= 0.6 is 11.6 Å². The van der Waals surface area contributed by atoms with Gasteiger partial charge in [0.25, 0.3) is 11.7 Å². The first-order valence-electron chi connectivity index (χ1n) is 8.48. The molecule has 2 aromatic carbocycles. The van der Waals surface area contributed by atoms with Gasteiger partial charge in [0, 0.05) is 17.8 Å². The average Bonchev–Trinajstić information content (AvgIpc) is 3.18. The van der Waals surface area contributed by atoms with Gasteiger partial charge in [0.2, 0.25) is 0 Å². The molecule has 0 aliphatic heterocycles. The van der Waals surface area contributed by atoms with Gasteiger partial charge >= 0.3 is 0 Å². The molecule has 0 unspecified atom stereocenters. The molecule has 0 aliphatic carbocycles. The first-order valence-corrected chi connectivity index (χ1v) is 8.85. The maximum Gasteiger partial charge on any atom is 0.294 e. The Labute approximate surface area is 162 Å². The molecule has 0 saturated heterocycles. The zero-order valence-corrected chi connectivity index (χ0v) is 15.6. The average molecular weight is 383 g/mol. The van der Waals surface area contributed by atoms with Crippen LogP contribution in [-0.2, 0) is 11.2 Å². The van der Waals surface area contributed by atoms with Crippen LogP contribution < -0.4 is 10.1 Å². The molecule has 1 heterocycles. The maximum atomic E-state index is 12.6. The van der Waals surface area contributed by atoms with E-state index in [9.17, 15) is 9.59 Å². The predicted molar refractivity (Wildman–Crippen MR) is 105 cm³/mol. The molecule has 1 amide bonds. The number of benzene rings is 2. The highest BCUT2D eigenvalue weighted by Gasteiger charge is 2.21. The Balaban J connectivity index is 1.68. The second-order valence-electron chi connectivity index (χ2n) is 5.90. The Kier molecular flexibility index (Phi) is 5.94. The van der Waals surface area contributed by atoms with Crippen LogP contribution in [0, 0.1) is 0 Å². The number of halogens is 1. The van der Waals surface area contributed by atoms with E-state index in [4.69, 9.17) is 16.3 Å². The van der Waals surface area contributed by atoms with Crippen LogP contribution in [0.2, 0.25) is 5.02 Å². The summed E-state index contributed by atoms with van der Waals surface area (Å²) in [5.74, 6) is -0.619. The van der Waals surface area contributed by atoms with Gasteiger partial charge in [0.1, 0.15) is 5.75 Å². The zero-order valence-electron chi connectivity index (χ0n) is 14.8. The van der Waals surface area contributed by atoms with E-state index in [1.807, 2.05) is 30.3 Å². The van der Waals surface area contributed by atoms with E-state index in [2.05, 4.69) is 5.32 Å². The standard InChI is InChI=1S/C21H19ClN2O3/c1-27-19-7-3-2-5-17(19)24-14-4-6-18(24)20(25)21(26)23-13-12-15-8-10-16(22)11-9-15/h2-11,14H,12-13H2,1H3,(H,23,26). The van der Waals surface area contributed by atoms with Crippen LogP contribution in [0.3, 0.4) is 0 Å². The van der Waals surface area contributed by atoms with Crippen molar-refractivity contribution in [2.75, 3.05) is 13.7 Å². The molecule has 3 rings (SSSR count). The number of amides is 1. The smallest absolute Gasteiger partial charge is 0.294 e. The highest BCUT2D eigenvalue weighted by atomic mass is 35.5. The van der Waals surface area contributed by atoms with Crippen molar-refractivity contribution in [1.82, 2.24) is 9.88 Å². The fraction of sp³-hybridized carbons (Fsp3) is 0.143. The third-order valence-electron chi connectivity index (χ3n) is 4.14. The maximum absolute atomic E-state index is 12.6. The summed E-state index contributed by atoms with van der Waals surface area (Å²) in [5, 5.41) is 3.34. The molecule has 27 heavy (non-hydrogen) atoms. The summed E-state index contributed by atoms with van der Waals surface area (Å²) in [6, 6.07) is 18.0. The van der Waals surface area contributed by atoms with Crippen LogP contribution in [-0.4, -0.2) is 29.9 Å². The van der Waals surface area contributed by atoms with Crippen LogP contribution in [0.1, 0.15) is 16.1 Å². The summed E-state index contributed by atoms with van der Waals surface area (Å²) in [4.78, 5) is 24.9. The highest BCUT2D eigenvalue weighted by molar-refractivity contribution is 6.42. The lowest BCUT2D eigenvalue weighted by molar-refractivity contribution is -0.117. The van der Waals surface area contributed by atoms with Crippen molar-refractivity contribution in [2.45, 2.75) is 6.42 Å². The summed E-state index contributed by atoms with van der Waals surface area (Å²) in [5.41, 5.74) is 2.01. The first kappa shape index (κ1) is 18.7. The number of aromatic nitrogens is 1. The minimum Gasteiger partial charge on any atom is -0.495 e. The number of para-hydroxylation sites is 2. The molecular weight excluding hydrogens is 364 g/mol. The first-order chi connectivity index (χ1) is 13.1. The summed E-state index contributed by atoms with van der Waals surface area (Å²) < 4.78 is 7.00. The Morgan fingerprint density at radius 2 is 1.78 bits per heavy atom. The number of hydrogen-bond donors (Lipinski definition) is 1. The molecular formula is C21H19ClN2O3. The molecule has 1 N–H and O–H groups in total. The van der Waals surface area contributed by atoms with Crippen molar-refractivity contribution in [3.05, 3.63) is 83.1 Å². The van der Waals surface area contributed by atoms with Gasteiger partial charge in [-0.3, -0.25) is 9.59 Å². The van der Waals surface area contributed by atoms with Gasteiger partial charge in [-0.2, -0.15) is 0 Å². The van der Waals surface area contributed by atoms with Gasteiger partial charge in [0.15, 0.2) is 0 Å². The Bertz CT molecular complexity index is 948. The van der Waals surface area contributed by atoms with E-state index in [-0.39, 0.29) is 5.69 Å². The lowest BCUT2D eigenvalue weighted by atomic mass is 10.1. The van der Waals surface area contributed by atoms with Crippen molar-refractivity contribution in [1.29, 1.82) is 0 Å². The highest BCUT2D eigenvalue weighted by Crippen LogP contribution is 2.24. The summed E-state index contributed by atoms with van der Waals surface area (Å²) in [6.45, 7) is 0.363. The van der Waals surface area contributed by atoms with Gasteiger partial charge in [-0.05, 0) is 48.4 Å². The predicted octanol–water partition coefficient (Wildman–Crippen LogP) is 3.68. The molecule has 138 valence electrons. The van der Waals surface area contributed by atoms with Crippen LogP contribution in [0.15, 0.2) is 66.9 Å². The van der Waals surface area contributed by atoms with Crippen molar-refractivity contribution < 1.29 is 14.3 Å². The van der Waals surface area contributed by atoms with Gasteiger partial charge in [-0.25, -0.2) is 0 Å². The topological polar surface area (TPSA) is 60.3 Å². The molecule has 0 bridgehead atoms. The monoisotopic (exact) mass is 382 g/mol. The van der Waals surface area contributed by atoms with E-state index in [0.717, 1.165) is 5.56 Å². The summed E-state index contributed by atoms with van der Waals surface area (Å²) >= 11 is 5.86. The molecule has 0 aliphatic rings. The second-order valence-corrected chi connectivity index (χ2v) is 6.33. The second kappa shape index (κ2) is 8.56. The number of rotatable bonds is 7. The number of carbonyl (C=O) groups is 2. The SMILES string of the molecule is COc1ccccc1-n1cccc1C(=O)C(=O)NCCc1ccc(Cl)cc1. The minimum absolute atomic E-state index is 0.281. The molecule has 1 aromatic heterocycles. The Morgan fingerprint density at radius 3 is 2.52 bits per heavy atom. The number of ketones is 1. The molecule has 0 radical (unpaired) electrons. The molecule has 5 nitrogen and oxygen atoms in total. The van der Waals surface area contributed by atoms with E-state index in [0.29, 0.717) is 29.4 Å². The lowest BCUT2D eigenvalue weighted by Crippen LogP contribution is -2.33. The number of carbonyl (C=O) groups excluding carboxylic acids is 2. The van der Waals surface area contributed by atoms with Crippen molar-refractivity contribution >= 4 is 23.3 Å². The fourth-order valence-electron chi connectivity index (χ4n) is 2.77. The van der Waals surface area contributed by atoms with E-state index in [1.54, 1.807) is 48.2 Å². The third-order valence-corrected chi connectivity index (χ3v) is 4.40. The number of nitrogens with zero attached hydrogens (tertiary/aromatic N) is 1. The van der Waals surface area contributed by atoms with Crippen molar-refractivity contribution in [3.63, 3.8) is 0 Å². The minimum atomic E-state index is -0.640. The largest absolute Gasteiger partial charge is 0.495 e. The van der Waals surface area contributed by atoms with E-state index in [1.165, 1.54) is 0 Å². The van der Waals surface area contributed by atoms with Gasteiger partial charge < -0.3 is 14.6 Å². The molecule has 0 spiro atoms. The van der Waals surface area contributed by atoms with Gasteiger partial charge in [0.05, 0.1) is 18.5 Å². The van der Waals surface area contributed by atoms with Gasteiger partial charge in [-0.15, -0.1) is 0 Å². The summed E-state index contributed by atoms with van der Waals surface area (Å²) in [6.07, 6.45) is 2.34. The Hall–Kier alpha value is -3.05.